The van der Waals surface area contributed by atoms with E-state index in [9.17, 15) is 13.6 Å². The first-order valence-corrected chi connectivity index (χ1v) is 13.5. The second kappa shape index (κ2) is 11.2. The summed E-state index contributed by atoms with van der Waals surface area (Å²) in [4.78, 5) is 18.2. The number of piperazine rings is 1. The molecule has 0 unspecified atom stereocenters. The second-order valence-corrected chi connectivity index (χ2v) is 10.7. The number of halogens is 2. The maximum atomic E-state index is 13.7. The first-order chi connectivity index (χ1) is 19.4. The lowest BCUT2D eigenvalue weighted by Gasteiger charge is -2.34. The molecule has 2 fully saturated rings. The number of carbonyl (C=O) groups is 1. The number of ether oxygens (including phenoxy) is 1. The molecule has 10 heteroatoms. The van der Waals surface area contributed by atoms with E-state index in [2.05, 4.69) is 43.7 Å². The summed E-state index contributed by atoms with van der Waals surface area (Å²) in [7, 11) is 2.13. The molecule has 1 amide bonds. The van der Waals surface area contributed by atoms with E-state index in [0.717, 1.165) is 79.8 Å². The van der Waals surface area contributed by atoms with Crippen LogP contribution in [0.25, 0.3) is 10.9 Å². The van der Waals surface area contributed by atoms with Gasteiger partial charge < -0.3 is 25.2 Å². The fourth-order valence-corrected chi connectivity index (χ4v) is 5.18. The smallest absolute Gasteiger partial charge is 0.258 e. The van der Waals surface area contributed by atoms with Crippen LogP contribution in [0.3, 0.4) is 0 Å². The summed E-state index contributed by atoms with van der Waals surface area (Å²) in [5.74, 6) is -0.680. The Balaban J connectivity index is 1.24. The van der Waals surface area contributed by atoms with Crippen LogP contribution in [0, 0.1) is 17.6 Å². The highest BCUT2D eigenvalue weighted by molar-refractivity contribution is 6.11. The number of amides is 1. The van der Waals surface area contributed by atoms with Crippen molar-refractivity contribution in [2.24, 2.45) is 5.92 Å². The minimum Gasteiger partial charge on any atom is -0.384 e. The molecule has 0 radical (unpaired) electrons. The van der Waals surface area contributed by atoms with Gasteiger partial charge in [-0.25, -0.2) is 8.78 Å². The van der Waals surface area contributed by atoms with Crippen molar-refractivity contribution in [2.75, 3.05) is 68.5 Å². The highest BCUT2D eigenvalue weighted by atomic mass is 19.1. The molecule has 0 saturated carbocycles. The van der Waals surface area contributed by atoms with Crippen molar-refractivity contribution >= 4 is 34.0 Å². The van der Waals surface area contributed by atoms with Crippen LogP contribution >= 0.6 is 0 Å². The Kier molecular flexibility index (Phi) is 7.36. The van der Waals surface area contributed by atoms with Crippen LogP contribution in [-0.4, -0.2) is 74.0 Å². The molecule has 0 bridgehead atoms. The standard InChI is InChI=1S/C30H32F2N6O2/c1-37-6-8-38(9-7-37)24-3-4-25(28(15-24)33-16-21-17-40-18-21)30(39)34-29-26-13-19(2-5-27(26)35-36-29)10-20-11-22(31)14-23(32)12-20/h2-5,11-15,21,33H,6-10,16-18H2,1H3,(H2,34,35,36,39). The number of aromatic nitrogens is 2. The van der Waals surface area contributed by atoms with Crippen LogP contribution in [0.4, 0.5) is 26.0 Å². The lowest BCUT2D eigenvalue weighted by atomic mass is 10.0. The van der Waals surface area contributed by atoms with Gasteiger partial charge in [0.2, 0.25) is 0 Å². The van der Waals surface area contributed by atoms with Crippen molar-refractivity contribution in [1.29, 1.82) is 0 Å². The molecule has 3 aromatic carbocycles. The maximum Gasteiger partial charge on any atom is 0.258 e. The average molecular weight is 547 g/mol. The molecule has 6 rings (SSSR count). The lowest BCUT2D eigenvalue weighted by Crippen LogP contribution is -2.44. The third kappa shape index (κ3) is 5.78. The Hall–Kier alpha value is -4.02. The van der Waals surface area contributed by atoms with Gasteiger partial charge in [-0.2, -0.15) is 5.10 Å². The summed E-state index contributed by atoms with van der Waals surface area (Å²) >= 11 is 0. The quantitative estimate of drug-likeness (QED) is 0.302. The Bertz CT molecular complexity index is 1510. The highest BCUT2D eigenvalue weighted by Gasteiger charge is 2.22. The van der Waals surface area contributed by atoms with Crippen molar-refractivity contribution in [1.82, 2.24) is 15.1 Å². The number of rotatable bonds is 8. The zero-order valence-corrected chi connectivity index (χ0v) is 22.3. The Morgan fingerprint density at radius 1 is 1.00 bits per heavy atom. The van der Waals surface area contributed by atoms with Crippen molar-refractivity contribution < 1.29 is 18.3 Å². The van der Waals surface area contributed by atoms with E-state index in [1.54, 1.807) is 0 Å². The van der Waals surface area contributed by atoms with Crippen molar-refractivity contribution in [3.63, 3.8) is 0 Å². The molecule has 208 valence electrons. The zero-order chi connectivity index (χ0) is 27.6. The van der Waals surface area contributed by atoms with Gasteiger partial charge in [-0.15, -0.1) is 0 Å². The third-order valence-corrected chi connectivity index (χ3v) is 7.59. The van der Waals surface area contributed by atoms with Gasteiger partial charge in [0.25, 0.3) is 5.91 Å². The number of fused-ring (bicyclic) bond motifs is 1. The van der Waals surface area contributed by atoms with Crippen LogP contribution in [-0.2, 0) is 11.2 Å². The van der Waals surface area contributed by atoms with E-state index in [0.29, 0.717) is 29.3 Å². The summed E-state index contributed by atoms with van der Waals surface area (Å²) in [6, 6.07) is 15.0. The molecule has 0 aliphatic carbocycles. The van der Waals surface area contributed by atoms with Crippen LogP contribution in [0.2, 0.25) is 0 Å². The second-order valence-electron chi connectivity index (χ2n) is 10.7. The number of hydrogen-bond acceptors (Lipinski definition) is 6. The number of benzene rings is 3. The molecule has 2 aliphatic rings. The molecule has 0 atom stereocenters. The van der Waals surface area contributed by atoms with Crippen molar-refractivity contribution in [2.45, 2.75) is 6.42 Å². The summed E-state index contributed by atoms with van der Waals surface area (Å²) in [5.41, 5.74) is 4.50. The van der Waals surface area contributed by atoms with Crippen molar-refractivity contribution in [3.05, 3.63) is 82.9 Å². The molecule has 1 aromatic heterocycles. The van der Waals surface area contributed by atoms with Gasteiger partial charge in [-0.3, -0.25) is 9.89 Å². The average Bonchev–Trinajstić information content (AvgIpc) is 3.29. The SMILES string of the molecule is CN1CCN(c2ccc(C(=O)Nc3n[nH]c4ccc(Cc5cc(F)cc(F)c5)cc34)c(NCC3COC3)c2)CC1. The molecular weight excluding hydrogens is 514 g/mol. The number of H-pyrrole nitrogens is 1. The van der Waals surface area contributed by atoms with Crippen molar-refractivity contribution in [3.8, 4) is 0 Å². The summed E-state index contributed by atoms with van der Waals surface area (Å²) in [6.07, 6.45) is 0.343. The Morgan fingerprint density at radius 3 is 2.50 bits per heavy atom. The summed E-state index contributed by atoms with van der Waals surface area (Å²) in [5, 5.41) is 14.5. The lowest BCUT2D eigenvalue weighted by molar-refractivity contribution is -0.0248. The Labute approximate surface area is 231 Å². The summed E-state index contributed by atoms with van der Waals surface area (Å²) in [6.45, 7) is 6.01. The predicted molar refractivity (Wildman–Crippen MR) is 152 cm³/mol. The first-order valence-electron chi connectivity index (χ1n) is 13.5. The number of aromatic amines is 1. The van der Waals surface area contributed by atoms with E-state index in [1.165, 1.54) is 12.1 Å². The topological polar surface area (TPSA) is 85.5 Å². The molecule has 4 aromatic rings. The number of anilines is 3. The van der Waals surface area contributed by atoms with Gasteiger partial charge in [0, 0.05) is 61.5 Å². The number of carbonyl (C=O) groups excluding carboxylic acids is 1. The van der Waals surface area contributed by atoms with Gasteiger partial charge in [0.05, 0.1) is 24.3 Å². The fraction of sp³-hybridized carbons (Fsp3) is 0.333. The number of nitrogens with zero attached hydrogens (tertiary/aromatic N) is 3. The van der Waals surface area contributed by atoms with E-state index in [4.69, 9.17) is 4.74 Å². The highest BCUT2D eigenvalue weighted by Crippen LogP contribution is 2.28. The maximum absolute atomic E-state index is 13.7. The molecule has 40 heavy (non-hydrogen) atoms. The predicted octanol–water partition coefficient (Wildman–Crippen LogP) is 4.49. The normalized spacial score (nSPS) is 16.2. The van der Waals surface area contributed by atoms with Gasteiger partial charge in [0.15, 0.2) is 5.82 Å². The molecule has 2 saturated heterocycles. The number of nitrogens with one attached hydrogen (secondary N) is 3. The van der Waals surface area contributed by atoms with Gasteiger partial charge in [-0.1, -0.05) is 6.07 Å². The van der Waals surface area contributed by atoms with Gasteiger partial charge in [-0.05, 0) is 67.1 Å². The van der Waals surface area contributed by atoms with E-state index in [-0.39, 0.29) is 5.91 Å². The molecule has 0 spiro atoms. The first kappa shape index (κ1) is 26.2. The molecule has 3 heterocycles. The van der Waals surface area contributed by atoms with Crippen LogP contribution < -0.4 is 15.5 Å². The Morgan fingerprint density at radius 2 is 1.77 bits per heavy atom. The molecule has 8 nitrogen and oxygen atoms in total. The van der Waals surface area contributed by atoms with Crippen LogP contribution in [0.1, 0.15) is 21.5 Å². The third-order valence-electron chi connectivity index (χ3n) is 7.59. The number of hydrogen-bond donors (Lipinski definition) is 3. The van der Waals surface area contributed by atoms with E-state index < -0.39 is 11.6 Å². The zero-order valence-electron chi connectivity index (χ0n) is 22.3. The van der Waals surface area contributed by atoms with Gasteiger partial charge in [0.1, 0.15) is 11.6 Å². The van der Waals surface area contributed by atoms with Crippen LogP contribution in [0.15, 0.2) is 54.6 Å². The van der Waals surface area contributed by atoms with Crippen LogP contribution in [0.5, 0.6) is 0 Å². The fourth-order valence-electron chi connectivity index (χ4n) is 5.18. The number of likely N-dealkylation sites (N-methyl/N-ethyl adjacent to an activating group) is 1. The van der Waals surface area contributed by atoms with E-state index in [1.807, 2.05) is 30.3 Å². The monoisotopic (exact) mass is 546 g/mol. The largest absolute Gasteiger partial charge is 0.384 e. The summed E-state index contributed by atoms with van der Waals surface area (Å²) < 4.78 is 32.7. The molecular formula is C30H32F2N6O2. The van der Waals surface area contributed by atoms with E-state index >= 15 is 0 Å². The minimum absolute atomic E-state index is 0.275. The molecule has 3 N–H and O–H groups in total. The van der Waals surface area contributed by atoms with Gasteiger partial charge >= 0.3 is 0 Å². The minimum atomic E-state index is -0.611. The molecule has 2 aliphatic heterocycles.